The molecule has 0 bridgehead atoms. The second-order valence-electron chi connectivity index (χ2n) is 7.93. The van der Waals surface area contributed by atoms with Gasteiger partial charge in [0.25, 0.3) is 11.5 Å². The van der Waals surface area contributed by atoms with Crippen LogP contribution in [0.15, 0.2) is 29.1 Å². The molecule has 202 valence electrons. The lowest BCUT2D eigenvalue weighted by atomic mass is 10.1. The van der Waals surface area contributed by atoms with Crippen LogP contribution in [0.1, 0.15) is 30.1 Å². The van der Waals surface area contributed by atoms with Gasteiger partial charge in [0.15, 0.2) is 5.82 Å². The molecule has 1 aliphatic rings. The zero-order chi connectivity index (χ0) is 27.8. The van der Waals surface area contributed by atoms with Gasteiger partial charge in [-0.05, 0) is 30.7 Å². The van der Waals surface area contributed by atoms with Crippen molar-refractivity contribution in [2.45, 2.75) is 38.0 Å². The van der Waals surface area contributed by atoms with Crippen molar-refractivity contribution < 1.29 is 37.8 Å². The predicted octanol–water partition coefficient (Wildman–Crippen LogP) is 1.29. The largest absolute Gasteiger partial charge is 0.481 e. The number of aromatic amines is 1. The number of benzene rings is 1. The molecule has 2 aromatic rings. The highest BCUT2D eigenvalue weighted by atomic mass is 19.4. The van der Waals surface area contributed by atoms with Crippen molar-refractivity contribution in [1.29, 1.82) is 0 Å². The molecule has 0 saturated carbocycles. The Morgan fingerprint density at radius 1 is 1.22 bits per heavy atom. The Morgan fingerprint density at radius 3 is 2.41 bits per heavy atom. The Bertz CT molecular complexity index is 1160. The summed E-state index contributed by atoms with van der Waals surface area (Å²) >= 11 is 0. The van der Waals surface area contributed by atoms with Crippen molar-refractivity contribution in [2.75, 3.05) is 34.8 Å². The molecular weight excluding hydrogens is 503 g/mol. The first kappa shape index (κ1) is 28.7. The Kier molecular flexibility index (Phi) is 9.67. The molecule has 1 aromatic carbocycles. The lowest BCUT2D eigenvalue weighted by Gasteiger charge is -2.27. The normalized spacial score (nSPS) is 15.0. The number of alkyl halides is 3. The maximum absolute atomic E-state index is 12.3. The number of anilines is 4. The molecule has 9 N–H and O–H groups in total. The number of aliphatic carboxylic acids is 2. The summed E-state index contributed by atoms with van der Waals surface area (Å²) in [5, 5.41) is 29.5. The van der Waals surface area contributed by atoms with Crippen molar-refractivity contribution in [1.82, 2.24) is 15.3 Å². The van der Waals surface area contributed by atoms with E-state index in [-0.39, 0.29) is 42.9 Å². The highest BCUT2D eigenvalue weighted by molar-refractivity contribution is 5.96. The summed E-state index contributed by atoms with van der Waals surface area (Å²) in [6, 6.07) is 4.93. The number of hydrogen-bond acceptors (Lipinski definition) is 9. The first-order valence-electron chi connectivity index (χ1n) is 10.8. The third-order valence-electron chi connectivity index (χ3n) is 4.75. The number of nitrogen functional groups attached to an aromatic ring is 1. The molecule has 1 aliphatic heterocycles. The monoisotopic (exact) mass is 529 g/mol. The number of carboxylic acids is 2. The second kappa shape index (κ2) is 12.5. The van der Waals surface area contributed by atoms with Crippen molar-refractivity contribution >= 4 is 41.0 Å². The predicted molar refractivity (Wildman–Crippen MR) is 128 cm³/mol. The molecule has 1 aromatic heterocycles. The minimum Gasteiger partial charge on any atom is -0.481 e. The molecule has 0 fully saturated rings. The van der Waals surface area contributed by atoms with Crippen LogP contribution in [0.2, 0.25) is 0 Å². The third kappa shape index (κ3) is 9.95. The quantitative estimate of drug-likeness (QED) is 0.232. The number of nitrogens with one attached hydrogen (secondary N) is 5. The molecule has 0 spiro atoms. The summed E-state index contributed by atoms with van der Waals surface area (Å²) in [6.45, 7) is 1.15. The van der Waals surface area contributed by atoms with E-state index in [1.54, 1.807) is 12.1 Å². The fraction of sp³-hybridized carbons (Fsp3) is 0.381. The molecule has 2 heterocycles. The fourth-order valence-electron chi connectivity index (χ4n) is 3.10. The average Bonchev–Trinajstić information content (AvgIpc) is 2.79. The van der Waals surface area contributed by atoms with Crippen LogP contribution in [0.3, 0.4) is 0 Å². The molecule has 0 unspecified atom stereocenters. The van der Waals surface area contributed by atoms with E-state index >= 15 is 0 Å². The van der Waals surface area contributed by atoms with Crippen LogP contribution in [0.5, 0.6) is 0 Å². The van der Waals surface area contributed by atoms with Gasteiger partial charge >= 0.3 is 18.1 Å². The van der Waals surface area contributed by atoms with E-state index < -0.39 is 30.1 Å². The average molecular weight is 529 g/mol. The smallest absolute Gasteiger partial charge is 0.386 e. The number of fused-ring (bicyclic) bond motifs is 1. The first-order chi connectivity index (χ1) is 17.2. The Hall–Kier alpha value is -4.50. The SMILES string of the molecule is CC(F)(F)F.Nc1nc2c(c(=O)[nH]1)N[C@H](CNc1ccc(C(=O)N[C@@H](CCC(=O)O)C(=O)O)cc1)CN2. The van der Waals surface area contributed by atoms with Crippen molar-refractivity contribution in [2.24, 2.45) is 0 Å². The van der Waals surface area contributed by atoms with Crippen molar-refractivity contribution in [3.8, 4) is 0 Å². The van der Waals surface area contributed by atoms with Crippen LogP contribution in [0.25, 0.3) is 0 Å². The number of hydrogen-bond donors (Lipinski definition) is 8. The molecule has 13 nitrogen and oxygen atoms in total. The highest BCUT2D eigenvalue weighted by Gasteiger charge is 2.23. The van der Waals surface area contributed by atoms with E-state index in [2.05, 4.69) is 31.2 Å². The summed E-state index contributed by atoms with van der Waals surface area (Å²) in [4.78, 5) is 52.6. The summed E-state index contributed by atoms with van der Waals surface area (Å²) in [7, 11) is 0. The molecule has 1 amide bonds. The molecule has 0 saturated heterocycles. The Labute approximate surface area is 207 Å². The molecule has 16 heteroatoms. The van der Waals surface area contributed by atoms with Crippen LogP contribution >= 0.6 is 0 Å². The number of rotatable bonds is 9. The standard InChI is InChI=1S/C19H23N7O6.C2H3F3/c20-19-25-15-14(17(30)26-19)23-11(8-22-15)7-21-10-3-1-9(2-4-10)16(29)24-12(18(31)32)5-6-13(27)28;1-2(3,4)5/h1-4,11-12,21,23H,5-8H2,(H,24,29)(H,27,28)(H,31,32)(H4,20,22,25,26,30);1H3/t11-,12+;/m1./s1. The van der Waals surface area contributed by atoms with Gasteiger partial charge in [0.2, 0.25) is 5.95 Å². The molecule has 0 radical (unpaired) electrons. The molecule has 37 heavy (non-hydrogen) atoms. The third-order valence-corrected chi connectivity index (χ3v) is 4.75. The second-order valence-corrected chi connectivity index (χ2v) is 7.93. The van der Waals surface area contributed by atoms with E-state index in [1.807, 2.05) is 0 Å². The molecule has 2 atom stereocenters. The summed E-state index contributed by atoms with van der Waals surface area (Å²) < 4.78 is 31.1. The number of nitrogens with two attached hydrogens (primary N) is 1. The minimum atomic E-state index is -4.00. The number of aromatic nitrogens is 2. The molecule has 3 rings (SSSR count). The Morgan fingerprint density at radius 2 is 1.84 bits per heavy atom. The van der Waals surface area contributed by atoms with Crippen LogP contribution in [0.4, 0.5) is 36.3 Å². The zero-order valence-electron chi connectivity index (χ0n) is 19.5. The van der Waals surface area contributed by atoms with Gasteiger partial charge in [0.05, 0.1) is 6.04 Å². The van der Waals surface area contributed by atoms with Gasteiger partial charge in [0, 0.05) is 37.7 Å². The van der Waals surface area contributed by atoms with Gasteiger partial charge in [-0.2, -0.15) is 18.2 Å². The maximum atomic E-state index is 12.3. The number of carboxylic acid groups (broad SMARTS) is 2. The van der Waals surface area contributed by atoms with E-state index in [0.717, 1.165) is 0 Å². The summed E-state index contributed by atoms with van der Waals surface area (Å²) in [5.41, 5.74) is 6.40. The number of carbonyl (C=O) groups excluding carboxylic acids is 1. The van der Waals surface area contributed by atoms with Gasteiger partial charge in [0.1, 0.15) is 11.7 Å². The number of halogens is 3. The van der Waals surface area contributed by atoms with Gasteiger partial charge < -0.3 is 37.2 Å². The lowest BCUT2D eigenvalue weighted by molar-refractivity contribution is -0.140. The highest BCUT2D eigenvalue weighted by Crippen LogP contribution is 2.20. The minimum absolute atomic E-state index is 0.0281. The van der Waals surface area contributed by atoms with Crippen LogP contribution in [0, 0.1) is 0 Å². The van der Waals surface area contributed by atoms with Gasteiger partial charge in [-0.15, -0.1) is 0 Å². The summed E-state index contributed by atoms with van der Waals surface area (Å²) in [6.07, 6.45) is -4.59. The van der Waals surface area contributed by atoms with E-state index in [1.165, 1.54) is 12.1 Å². The van der Waals surface area contributed by atoms with E-state index in [9.17, 15) is 32.3 Å². The maximum Gasteiger partial charge on any atom is 0.386 e. The lowest BCUT2D eigenvalue weighted by Crippen LogP contribution is -2.41. The van der Waals surface area contributed by atoms with Crippen LogP contribution in [-0.4, -0.2) is 69.4 Å². The topological polar surface area (TPSA) is 212 Å². The summed E-state index contributed by atoms with van der Waals surface area (Å²) in [5.74, 6) is -2.64. The molecule has 0 aliphatic carbocycles. The molecular formula is C21H26F3N7O6. The van der Waals surface area contributed by atoms with Crippen molar-refractivity contribution in [3.05, 3.63) is 40.2 Å². The van der Waals surface area contributed by atoms with Gasteiger partial charge in [-0.3, -0.25) is 19.4 Å². The van der Waals surface area contributed by atoms with E-state index in [0.29, 0.717) is 30.3 Å². The van der Waals surface area contributed by atoms with Gasteiger partial charge in [-0.25, -0.2) is 4.79 Å². The van der Waals surface area contributed by atoms with Crippen LogP contribution in [-0.2, 0) is 9.59 Å². The first-order valence-corrected chi connectivity index (χ1v) is 10.8. The number of nitrogens with zero attached hydrogens (tertiary/aromatic N) is 1. The van der Waals surface area contributed by atoms with Gasteiger partial charge in [-0.1, -0.05) is 0 Å². The number of H-pyrrole nitrogens is 1. The number of amides is 1. The fourth-order valence-corrected chi connectivity index (χ4v) is 3.10. The Balaban J connectivity index is 0.000000877. The van der Waals surface area contributed by atoms with Crippen LogP contribution < -0.4 is 32.6 Å². The van der Waals surface area contributed by atoms with Crippen molar-refractivity contribution in [3.63, 3.8) is 0 Å². The van der Waals surface area contributed by atoms with E-state index in [4.69, 9.17) is 15.9 Å². The zero-order valence-corrected chi connectivity index (χ0v) is 19.5. The number of carbonyl (C=O) groups is 3.